The van der Waals surface area contributed by atoms with Crippen molar-refractivity contribution in [2.75, 3.05) is 0 Å². The van der Waals surface area contributed by atoms with E-state index in [9.17, 15) is 0 Å². The highest BCUT2D eigenvalue weighted by atomic mass is 35.5. The first-order valence-corrected chi connectivity index (χ1v) is 3.75. The Bertz CT molecular complexity index is 239. The van der Waals surface area contributed by atoms with Crippen LogP contribution >= 0.6 is 0 Å². The molecule has 0 aromatic carbocycles. The van der Waals surface area contributed by atoms with E-state index >= 15 is 0 Å². The molecule has 0 bridgehead atoms. The molecule has 12 heavy (non-hydrogen) atoms. The number of halogens is 1. The number of aliphatic hydroxyl groups excluding tert-OH is 1. The average Bonchev–Trinajstić information content (AvgIpc) is 2.32. The lowest BCUT2D eigenvalue weighted by molar-refractivity contribution is -0.465. The van der Waals surface area contributed by atoms with Crippen molar-refractivity contribution in [3.63, 3.8) is 0 Å². The summed E-state index contributed by atoms with van der Waals surface area (Å²) >= 11 is 0. The highest BCUT2D eigenvalue weighted by molar-refractivity contribution is 5.10. The molecule has 1 rings (SSSR count). The van der Waals surface area contributed by atoms with Gasteiger partial charge in [0.1, 0.15) is 5.69 Å². The normalized spacial score (nSPS) is 11.0. The maximum absolute atomic E-state index is 8.77. The third-order valence-electron chi connectivity index (χ3n) is 1.65. The second-order valence-electron chi connectivity index (χ2n) is 3.74. The number of nitrogens with one attached hydrogen (secondary N) is 2. The summed E-state index contributed by atoms with van der Waals surface area (Å²) in [5.74, 6) is 0. The Kier molecular flexibility index (Phi) is 3.74. The van der Waals surface area contributed by atoms with Crippen LogP contribution in [0.1, 0.15) is 32.2 Å². The van der Waals surface area contributed by atoms with Gasteiger partial charge in [-0.2, -0.15) is 5.10 Å². The maximum Gasteiger partial charge on any atom is 0.210 e. The van der Waals surface area contributed by atoms with Crippen molar-refractivity contribution in [3.8, 4) is 0 Å². The van der Waals surface area contributed by atoms with Gasteiger partial charge in [0.25, 0.3) is 0 Å². The van der Waals surface area contributed by atoms with E-state index in [1.165, 1.54) is 0 Å². The minimum absolute atomic E-state index is 0. The molecule has 3 nitrogen and oxygen atoms in total. The number of H-pyrrole nitrogens is 2. The zero-order chi connectivity index (χ0) is 8.48. The molecule has 0 unspecified atom stereocenters. The molecule has 0 aliphatic rings. The van der Waals surface area contributed by atoms with Gasteiger partial charge in [-0.3, -0.25) is 0 Å². The predicted molar refractivity (Wildman–Crippen MR) is 42.0 cm³/mol. The molecule has 0 aliphatic carbocycles. The molecule has 70 valence electrons. The van der Waals surface area contributed by atoms with Gasteiger partial charge in [-0.25, -0.2) is 0 Å². The van der Waals surface area contributed by atoms with Crippen LogP contribution < -0.4 is 17.5 Å². The minimum Gasteiger partial charge on any atom is -1.00 e. The Morgan fingerprint density at radius 2 is 2.08 bits per heavy atom. The maximum atomic E-state index is 8.77. The van der Waals surface area contributed by atoms with E-state index in [1.807, 2.05) is 6.07 Å². The fraction of sp³-hybridized carbons (Fsp3) is 0.625. The number of aliphatic hydroxyl groups is 1. The highest BCUT2D eigenvalue weighted by Crippen LogP contribution is 2.17. The zero-order valence-electron chi connectivity index (χ0n) is 7.61. The standard InChI is InChI=1S/C8H14N2O.ClH/c1-8(2,3)7-4-6(5-11)9-10-7;/h4,11H,5H2,1-3H3,(H,9,10);1H. The van der Waals surface area contributed by atoms with Gasteiger partial charge in [-0.1, -0.05) is 20.8 Å². The van der Waals surface area contributed by atoms with Crippen molar-refractivity contribution >= 4 is 0 Å². The third kappa shape index (κ3) is 2.50. The topological polar surface area (TPSA) is 50.2 Å². The third-order valence-corrected chi connectivity index (χ3v) is 1.65. The molecule has 1 aromatic rings. The first-order valence-electron chi connectivity index (χ1n) is 3.75. The van der Waals surface area contributed by atoms with E-state index in [0.29, 0.717) is 0 Å². The van der Waals surface area contributed by atoms with Crippen LogP contribution in [0.3, 0.4) is 0 Å². The molecule has 0 radical (unpaired) electrons. The lowest BCUT2D eigenvalue weighted by Gasteiger charge is -2.08. The minimum atomic E-state index is 0. The van der Waals surface area contributed by atoms with Crippen LogP contribution in [0.15, 0.2) is 6.07 Å². The molecule has 0 saturated carbocycles. The van der Waals surface area contributed by atoms with Crippen molar-refractivity contribution in [1.82, 2.24) is 5.10 Å². The molecule has 0 aliphatic heterocycles. The Labute approximate surface area is 78.6 Å². The van der Waals surface area contributed by atoms with Crippen LogP contribution in [0, 0.1) is 0 Å². The van der Waals surface area contributed by atoms with Crippen LogP contribution in [-0.4, -0.2) is 10.2 Å². The summed E-state index contributed by atoms with van der Waals surface area (Å²) in [6, 6.07) is 1.94. The number of aromatic amines is 2. The van der Waals surface area contributed by atoms with E-state index < -0.39 is 0 Å². The molecule has 1 aromatic heterocycles. The Hall–Kier alpha value is -0.540. The van der Waals surface area contributed by atoms with Gasteiger partial charge < -0.3 is 17.5 Å². The van der Waals surface area contributed by atoms with Gasteiger partial charge in [0.2, 0.25) is 5.69 Å². The summed E-state index contributed by atoms with van der Waals surface area (Å²) in [6.45, 7) is 6.42. The summed E-state index contributed by atoms with van der Waals surface area (Å²) in [5, 5.41) is 14.7. The van der Waals surface area contributed by atoms with E-state index in [-0.39, 0.29) is 24.4 Å². The molecule has 4 heteroatoms. The summed E-state index contributed by atoms with van der Waals surface area (Å²) in [5.41, 5.74) is 2.06. The molecule has 0 spiro atoms. The van der Waals surface area contributed by atoms with Crippen LogP contribution in [0.4, 0.5) is 0 Å². The largest absolute Gasteiger partial charge is 1.00 e. The van der Waals surface area contributed by atoms with Crippen LogP contribution in [0.2, 0.25) is 0 Å². The smallest absolute Gasteiger partial charge is 0.210 e. The summed E-state index contributed by atoms with van der Waals surface area (Å²) in [7, 11) is 0. The monoisotopic (exact) mass is 190 g/mol. The molecular formula is C8H15ClN2O. The van der Waals surface area contributed by atoms with Gasteiger partial charge in [-0.05, 0) is 0 Å². The molecule has 3 N–H and O–H groups in total. The molecule has 0 saturated heterocycles. The van der Waals surface area contributed by atoms with Gasteiger partial charge in [-0.15, -0.1) is 5.10 Å². The van der Waals surface area contributed by atoms with E-state index in [1.54, 1.807) is 0 Å². The Morgan fingerprint density at radius 3 is 2.33 bits per heavy atom. The van der Waals surface area contributed by atoms with Crippen LogP contribution in [0.25, 0.3) is 0 Å². The zero-order valence-corrected chi connectivity index (χ0v) is 8.37. The summed E-state index contributed by atoms with van der Waals surface area (Å²) in [4.78, 5) is 0. The first-order chi connectivity index (χ1) is 5.04. The molecule has 0 amide bonds. The van der Waals surface area contributed by atoms with Crippen molar-refractivity contribution in [1.29, 1.82) is 0 Å². The van der Waals surface area contributed by atoms with E-state index in [0.717, 1.165) is 11.4 Å². The number of rotatable bonds is 1. The van der Waals surface area contributed by atoms with Gasteiger partial charge >= 0.3 is 0 Å². The quantitative estimate of drug-likeness (QED) is 0.511. The van der Waals surface area contributed by atoms with Crippen molar-refractivity contribution in [2.45, 2.75) is 32.8 Å². The Morgan fingerprint density at radius 1 is 1.50 bits per heavy atom. The number of hydrogen-bond donors (Lipinski definition) is 2. The van der Waals surface area contributed by atoms with Crippen molar-refractivity contribution < 1.29 is 22.6 Å². The lowest BCUT2D eigenvalue weighted by atomic mass is 9.92. The van der Waals surface area contributed by atoms with E-state index in [2.05, 4.69) is 31.0 Å². The van der Waals surface area contributed by atoms with Gasteiger partial charge in [0.15, 0.2) is 0 Å². The number of aromatic nitrogens is 2. The molecule has 1 heterocycles. The first kappa shape index (κ1) is 11.5. The fourth-order valence-corrected chi connectivity index (χ4v) is 0.883. The predicted octanol–water partition coefficient (Wildman–Crippen LogP) is -2.38. The fourth-order valence-electron chi connectivity index (χ4n) is 0.883. The second kappa shape index (κ2) is 3.92. The van der Waals surface area contributed by atoms with Gasteiger partial charge in [0.05, 0.1) is 6.61 Å². The average molecular weight is 191 g/mol. The SMILES string of the molecule is CC(C)(C)c1cc(CO)[nH][nH+]1.[Cl-]. The molecule has 0 fully saturated rings. The second-order valence-corrected chi connectivity index (χ2v) is 3.74. The van der Waals surface area contributed by atoms with Gasteiger partial charge in [0, 0.05) is 11.5 Å². The summed E-state index contributed by atoms with van der Waals surface area (Å²) < 4.78 is 0. The van der Waals surface area contributed by atoms with Crippen molar-refractivity contribution in [3.05, 3.63) is 17.5 Å². The van der Waals surface area contributed by atoms with Crippen molar-refractivity contribution in [2.24, 2.45) is 0 Å². The molecular weight excluding hydrogens is 176 g/mol. The van der Waals surface area contributed by atoms with Crippen LogP contribution in [-0.2, 0) is 12.0 Å². The number of hydrogen-bond acceptors (Lipinski definition) is 1. The Balaban J connectivity index is 0.00000121. The van der Waals surface area contributed by atoms with E-state index in [4.69, 9.17) is 5.11 Å². The summed E-state index contributed by atoms with van der Waals surface area (Å²) in [6.07, 6.45) is 0. The lowest BCUT2D eigenvalue weighted by Crippen LogP contribution is -3.00. The molecule has 0 atom stereocenters. The van der Waals surface area contributed by atoms with Crippen LogP contribution in [0.5, 0.6) is 0 Å². The highest BCUT2D eigenvalue weighted by Gasteiger charge is 2.22.